The molecule has 8 heteroatoms. The predicted molar refractivity (Wildman–Crippen MR) is 115 cm³/mol. The molecule has 148 valence electrons. The van der Waals surface area contributed by atoms with Crippen molar-refractivity contribution in [2.24, 2.45) is 0 Å². The van der Waals surface area contributed by atoms with E-state index in [1.54, 1.807) is 11.7 Å². The number of hydrogen-bond acceptors (Lipinski definition) is 6. The topological polar surface area (TPSA) is 73.2 Å². The van der Waals surface area contributed by atoms with Crippen molar-refractivity contribution in [3.8, 4) is 5.75 Å². The Morgan fingerprint density at radius 3 is 2.82 bits per heavy atom. The van der Waals surface area contributed by atoms with Gasteiger partial charge in [-0.2, -0.15) is 0 Å². The molecule has 1 N–H and O–H groups in total. The summed E-state index contributed by atoms with van der Waals surface area (Å²) in [5.74, 6) is 0.830. The standard InChI is InChI=1S/C20H23N3O3S2/c1-20(2,3)22-16(24)12-28-19-21-15-8-9-27-17(15)18(25)23(19)11-13-6-5-7-14(10-13)26-4/h5-10H,11-12H2,1-4H3,(H,22,24). The van der Waals surface area contributed by atoms with Gasteiger partial charge in [-0.15, -0.1) is 11.3 Å². The van der Waals surface area contributed by atoms with Crippen molar-refractivity contribution in [1.29, 1.82) is 0 Å². The minimum atomic E-state index is -0.303. The molecule has 0 atom stereocenters. The maximum atomic E-state index is 13.0. The molecule has 0 saturated carbocycles. The zero-order valence-electron chi connectivity index (χ0n) is 16.3. The number of carbonyl (C=O) groups is 1. The van der Waals surface area contributed by atoms with Crippen LogP contribution >= 0.6 is 23.1 Å². The quantitative estimate of drug-likeness (QED) is 0.491. The molecule has 0 radical (unpaired) electrons. The number of rotatable bonds is 6. The van der Waals surface area contributed by atoms with E-state index in [0.717, 1.165) is 11.3 Å². The number of amides is 1. The van der Waals surface area contributed by atoms with Gasteiger partial charge in [0.25, 0.3) is 5.56 Å². The maximum absolute atomic E-state index is 13.0. The fourth-order valence-corrected chi connectivity index (χ4v) is 4.29. The molecule has 0 aliphatic heterocycles. The fourth-order valence-electron chi connectivity index (χ4n) is 2.71. The molecule has 0 bridgehead atoms. The number of nitrogens with one attached hydrogen (secondary N) is 1. The van der Waals surface area contributed by atoms with E-state index in [4.69, 9.17) is 4.74 Å². The molecule has 2 aromatic heterocycles. The lowest BCUT2D eigenvalue weighted by atomic mass is 10.1. The second-order valence-corrected chi connectivity index (χ2v) is 9.22. The molecular formula is C20H23N3O3S2. The number of thioether (sulfide) groups is 1. The van der Waals surface area contributed by atoms with Crippen LogP contribution in [0.1, 0.15) is 26.3 Å². The highest BCUT2D eigenvalue weighted by atomic mass is 32.2. The number of methoxy groups -OCH3 is 1. The second kappa shape index (κ2) is 8.36. The van der Waals surface area contributed by atoms with Crippen LogP contribution in [0.2, 0.25) is 0 Å². The number of carbonyl (C=O) groups excluding carboxylic acids is 1. The highest BCUT2D eigenvalue weighted by Crippen LogP contribution is 2.22. The van der Waals surface area contributed by atoms with Gasteiger partial charge in [0.05, 0.1) is 24.9 Å². The zero-order chi connectivity index (χ0) is 20.3. The molecule has 0 fully saturated rings. The van der Waals surface area contributed by atoms with Crippen molar-refractivity contribution < 1.29 is 9.53 Å². The van der Waals surface area contributed by atoms with Crippen LogP contribution in [0, 0.1) is 0 Å². The van der Waals surface area contributed by atoms with Gasteiger partial charge in [0, 0.05) is 5.54 Å². The molecule has 28 heavy (non-hydrogen) atoms. The van der Waals surface area contributed by atoms with Crippen LogP contribution in [0.4, 0.5) is 0 Å². The van der Waals surface area contributed by atoms with Crippen LogP contribution in [0.15, 0.2) is 45.7 Å². The van der Waals surface area contributed by atoms with Crippen LogP contribution < -0.4 is 15.6 Å². The summed E-state index contributed by atoms with van der Waals surface area (Å²) < 4.78 is 7.52. The van der Waals surface area contributed by atoms with E-state index in [1.807, 2.05) is 56.5 Å². The number of nitrogens with zero attached hydrogens (tertiary/aromatic N) is 2. The molecule has 0 spiro atoms. The van der Waals surface area contributed by atoms with Gasteiger partial charge in [0.15, 0.2) is 5.16 Å². The molecule has 1 amide bonds. The Labute approximate surface area is 171 Å². The molecule has 0 aliphatic carbocycles. The summed E-state index contributed by atoms with van der Waals surface area (Å²) in [4.78, 5) is 29.9. The lowest BCUT2D eigenvalue weighted by molar-refractivity contribution is -0.119. The summed E-state index contributed by atoms with van der Waals surface area (Å²) in [6, 6.07) is 9.41. The third kappa shape index (κ3) is 4.94. The van der Waals surface area contributed by atoms with Crippen molar-refractivity contribution in [1.82, 2.24) is 14.9 Å². The van der Waals surface area contributed by atoms with E-state index < -0.39 is 0 Å². The Kier molecular flexibility index (Phi) is 6.10. The second-order valence-electron chi connectivity index (χ2n) is 7.36. The molecule has 3 rings (SSSR count). The van der Waals surface area contributed by atoms with Crippen molar-refractivity contribution >= 4 is 39.2 Å². The van der Waals surface area contributed by atoms with E-state index in [9.17, 15) is 9.59 Å². The van der Waals surface area contributed by atoms with Gasteiger partial charge >= 0.3 is 0 Å². The van der Waals surface area contributed by atoms with Crippen molar-refractivity contribution in [2.45, 2.75) is 38.0 Å². The Hall–Kier alpha value is -2.32. The van der Waals surface area contributed by atoms with Gasteiger partial charge in [-0.3, -0.25) is 14.2 Å². The van der Waals surface area contributed by atoms with Gasteiger partial charge in [0.1, 0.15) is 10.4 Å². The average molecular weight is 418 g/mol. The molecule has 0 unspecified atom stereocenters. The molecule has 6 nitrogen and oxygen atoms in total. The van der Waals surface area contributed by atoms with Crippen LogP contribution in [0.25, 0.3) is 10.2 Å². The van der Waals surface area contributed by atoms with Gasteiger partial charge < -0.3 is 10.1 Å². The molecule has 0 aliphatic rings. The first kappa shape index (κ1) is 20.4. The van der Waals surface area contributed by atoms with Crippen LogP contribution in [0.3, 0.4) is 0 Å². The normalized spacial score (nSPS) is 11.6. The maximum Gasteiger partial charge on any atom is 0.272 e. The average Bonchev–Trinajstić information content (AvgIpc) is 3.10. The number of fused-ring (bicyclic) bond motifs is 1. The predicted octanol–water partition coefficient (Wildman–Crippen LogP) is 3.52. The zero-order valence-corrected chi connectivity index (χ0v) is 17.9. The molecule has 2 heterocycles. The van der Waals surface area contributed by atoms with E-state index in [1.165, 1.54) is 23.1 Å². The highest BCUT2D eigenvalue weighted by Gasteiger charge is 2.17. The molecular weight excluding hydrogens is 394 g/mol. The minimum Gasteiger partial charge on any atom is -0.497 e. The number of thiophene rings is 1. The van der Waals surface area contributed by atoms with E-state index in [0.29, 0.717) is 21.9 Å². The summed E-state index contributed by atoms with van der Waals surface area (Å²) in [7, 11) is 1.61. The summed E-state index contributed by atoms with van der Waals surface area (Å²) >= 11 is 2.65. The van der Waals surface area contributed by atoms with E-state index >= 15 is 0 Å². The summed E-state index contributed by atoms with van der Waals surface area (Å²) in [6.07, 6.45) is 0. The Bertz CT molecular complexity index is 1050. The summed E-state index contributed by atoms with van der Waals surface area (Å²) in [5, 5.41) is 5.32. The Morgan fingerprint density at radius 1 is 1.32 bits per heavy atom. The lowest BCUT2D eigenvalue weighted by Crippen LogP contribution is -2.41. The lowest BCUT2D eigenvalue weighted by Gasteiger charge is -2.20. The summed E-state index contributed by atoms with van der Waals surface area (Å²) in [5.41, 5.74) is 1.19. The van der Waals surface area contributed by atoms with Crippen LogP contribution in [-0.2, 0) is 11.3 Å². The molecule has 3 aromatic rings. The minimum absolute atomic E-state index is 0.0925. The monoisotopic (exact) mass is 417 g/mol. The summed E-state index contributed by atoms with van der Waals surface area (Å²) in [6.45, 7) is 6.16. The first-order valence-corrected chi connectivity index (χ1v) is 10.7. The largest absolute Gasteiger partial charge is 0.497 e. The molecule has 0 saturated heterocycles. The van der Waals surface area contributed by atoms with Gasteiger partial charge in [-0.1, -0.05) is 23.9 Å². The Morgan fingerprint density at radius 2 is 2.11 bits per heavy atom. The number of benzene rings is 1. The SMILES string of the molecule is COc1cccc(Cn2c(SCC(=O)NC(C)(C)C)nc3ccsc3c2=O)c1. The van der Waals surface area contributed by atoms with Crippen molar-refractivity contribution in [3.05, 3.63) is 51.6 Å². The van der Waals surface area contributed by atoms with Gasteiger partial charge in [-0.25, -0.2) is 4.98 Å². The van der Waals surface area contributed by atoms with E-state index in [2.05, 4.69) is 10.3 Å². The van der Waals surface area contributed by atoms with Crippen LogP contribution in [0.5, 0.6) is 5.75 Å². The first-order valence-electron chi connectivity index (χ1n) is 8.81. The number of aromatic nitrogens is 2. The van der Waals surface area contributed by atoms with Crippen LogP contribution in [-0.4, -0.2) is 33.9 Å². The fraction of sp³-hybridized carbons (Fsp3) is 0.350. The third-order valence-corrected chi connectivity index (χ3v) is 5.72. The van der Waals surface area contributed by atoms with E-state index in [-0.39, 0.29) is 22.8 Å². The van der Waals surface area contributed by atoms with Crippen molar-refractivity contribution in [2.75, 3.05) is 12.9 Å². The third-order valence-electron chi connectivity index (χ3n) is 3.85. The number of hydrogen-bond donors (Lipinski definition) is 1. The van der Waals surface area contributed by atoms with Gasteiger partial charge in [-0.05, 0) is 49.9 Å². The van der Waals surface area contributed by atoms with Crippen molar-refractivity contribution in [3.63, 3.8) is 0 Å². The highest BCUT2D eigenvalue weighted by molar-refractivity contribution is 7.99. The smallest absolute Gasteiger partial charge is 0.272 e. The van der Waals surface area contributed by atoms with Gasteiger partial charge in [0.2, 0.25) is 5.91 Å². The first-order chi connectivity index (χ1) is 13.3. The number of ether oxygens (including phenoxy) is 1. The Balaban J connectivity index is 1.93. The molecule has 1 aromatic carbocycles.